The van der Waals surface area contributed by atoms with E-state index < -0.39 is 6.04 Å². The first-order valence-electron chi connectivity index (χ1n) is 5.85. The summed E-state index contributed by atoms with van der Waals surface area (Å²) in [6.45, 7) is 10.1. The summed E-state index contributed by atoms with van der Waals surface area (Å²) in [5.41, 5.74) is 5.69. The van der Waals surface area contributed by atoms with Crippen molar-refractivity contribution in [3.8, 4) is 0 Å². The van der Waals surface area contributed by atoms with Crippen LogP contribution in [-0.2, 0) is 4.79 Å². The second kappa shape index (κ2) is 6.11. The molecule has 0 spiro atoms. The van der Waals surface area contributed by atoms with Gasteiger partial charge in [-0.25, -0.2) is 0 Å². The zero-order valence-corrected chi connectivity index (χ0v) is 10.8. The van der Waals surface area contributed by atoms with Crippen LogP contribution in [0.25, 0.3) is 0 Å². The van der Waals surface area contributed by atoms with Crippen molar-refractivity contribution in [1.29, 1.82) is 0 Å². The molecular formula is C12H26N2O. The van der Waals surface area contributed by atoms with Gasteiger partial charge in [0, 0.05) is 6.04 Å². The van der Waals surface area contributed by atoms with E-state index in [0.29, 0.717) is 0 Å². The molecule has 0 saturated heterocycles. The van der Waals surface area contributed by atoms with Gasteiger partial charge in [0.25, 0.3) is 0 Å². The molecule has 0 aromatic heterocycles. The highest BCUT2D eigenvalue weighted by Crippen LogP contribution is 2.17. The lowest BCUT2D eigenvalue weighted by Crippen LogP contribution is -2.50. The predicted molar refractivity (Wildman–Crippen MR) is 64.6 cm³/mol. The van der Waals surface area contributed by atoms with Gasteiger partial charge in [-0.2, -0.15) is 0 Å². The smallest absolute Gasteiger partial charge is 0.237 e. The summed E-state index contributed by atoms with van der Waals surface area (Å²) in [5.74, 6) is -0.0360. The maximum atomic E-state index is 11.7. The van der Waals surface area contributed by atoms with Crippen LogP contribution in [0.4, 0.5) is 0 Å². The third kappa shape index (κ3) is 5.78. The first-order chi connectivity index (χ1) is 6.79. The van der Waals surface area contributed by atoms with Gasteiger partial charge in [-0.05, 0) is 18.8 Å². The predicted octanol–water partition coefficient (Wildman–Crippen LogP) is 2.05. The number of carbonyl (C=O) groups is 1. The summed E-state index contributed by atoms with van der Waals surface area (Å²) >= 11 is 0. The van der Waals surface area contributed by atoms with Crippen molar-refractivity contribution in [2.24, 2.45) is 11.1 Å². The maximum Gasteiger partial charge on any atom is 0.237 e. The molecule has 0 aromatic carbocycles. The van der Waals surface area contributed by atoms with E-state index in [0.717, 1.165) is 19.3 Å². The van der Waals surface area contributed by atoms with Crippen molar-refractivity contribution >= 4 is 5.91 Å². The monoisotopic (exact) mass is 214 g/mol. The zero-order valence-electron chi connectivity index (χ0n) is 10.8. The largest absolute Gasteiger partial charge is 0.352 e. The third-order valence-corrected chi connectivity index (χ3v) is 2.59. The second-order valence-corrected chi connectivity index (χ2v) is 5.40. The number of amides is 1. The highest BCUT2D eigenvalue weighted by molar-refractivity contribution is 5.82. The van der Waals surface area contributed by atoms with E-state index in [-0.39, 0.29) is 17.4 Å². The third-order valence-electron chi connectivity index (χ3n) is 2.59. The van der Waals surface area contributed by atoms with Crippen LogP contribution < -0.4 is 11.1 Å². The Morgan fingerprint density at radius 1 is 1.40 bits per heavy atom. The van der Waals surface area contributed by atoms with Crippen molar-refractivity contribution in [3.05, 3.63) is 0 Å². The highest BCUT2D eigenvalue weighted by Gasteiger charge is 2.27. The Hall–Kier alpha value is -0.570. The SMILES string of the molecule is CCCCC(C)NC(=O)[C@@H](N)C(C)(C)C. The van der Waals surface area contributed by atoms with E-state index in [1.807, 2.05) is 27.7 Å². The molecular weight excluding hydrogens is 188 g/mol. The van der Waals surface area contributed by atoms with Crippen molar-refractivity contribution in [2.45, 2.75) is 66.0 Å². The van der Waals surface area contributed by atoms with Crippen LogP contribution in [0.3, 0.4) is 0 Å². The number of nitrogens with two attached hydrogens (primary N) is 1. The molecule has 0 aliphatic carbocycles. The number of hydrogen-bond donors (Lipinski definition) is 2. The van der Waals surface area contributed by atoms with Crippen LogP contribution in [0.5, 0.6) is 0 Å². The molecule has 3 N–H and O–H groups in total. The molecule has 90 valence electrons. The van der Waals surface area contributed by atoms with Gasteiger partial charge in [-0.15, -0.1) is 0 Å². The lowest BCUT2D eigenvalue weighted by Gasteiger charge is -2.27. The molecule has 0 radical (unpaired) electrons. The molecule has 1 unspecified atom stereocenters. The highest BCUT2D eigenvalue weighted by atomic mass is 16.2. The van der Waals surface area contributed by atoms with Gasteiger partial charge in [0.15, 0.2) is 0 Å². The van der Waals surface area contributed by atoms with E-state index in [2.05, 4.69) is 12.2 Å². The Bertz CT molecular complexity index is 196. The number of hydrogen-bond acceptors (Lipinski definition) is 2. The Balaban J connectivity index is 4.02. The number of carbonyl (C=O) groups excluding carboxylic acids is 1. The standard InChI is InChI=1S/C12H26N2O/c1-6-7-8-9(2)14-11(15)10(13)12(3,4)5/h9-10H,6-8,13H2,1-5H3,(H,14,15)/t9?,10-/m1/s1. The summed E-state index contributed by atoms with van der Waals surface area (Å²) < 4.78 is 0. The van der Waals surface area contributed by atoms with Gasteiger partial charge in [0.05, 0.1) is 6.04 Å². The fourth-order valence-corrected chi connectivity index (χ4v) is 1.31. The van der Waals surface area contributed by atoms with Gasteiger partial charge < -0.3 is 11.1 Å². The van der Waals surface area contributed by atoms with Crippen molar-refractivity contribution in [1.82, 2.24) is 5.32 Å². The minimum Gasteiger partial charge on any atom is -0.352 e. The number of rotatable bonds is 5. The molecule has 15 heavy (non-hydrogen) atoms. The van der Waals surface area contributed by atoms with Crippen LogP contribution in [0.15, 0.2) is 0 Å². The van der Waals surface area contributed by atoms with Gasteiger partial charge >= 0.3 is 0 Å². The lowest BCUT2D eigenvalue weighted by atomic mass is 9.87. The van der Waals surface area contributed by atoms with Gasteiger partial charge in [-0.3, -0.25) is 4.79 Å². The van der Waals surface area contributed by atoms with Gasteiger partial charge in [0.1, 0.15) is 0 Å². The Kier molecular flexibility index (Phi) is 5.88. The molecule has 0 rings (SSSR count). The van der Waals surface area contributed by atoms with Gasteiger partial charge in [-0.1, -0.05) is 40.5 Å². The van der Waals surface area contributed by atoms with E-state index in [4.69, 9.17) is 5.73 Å². The normalized spacial score (nSPS) is 15.9. The summed E-state index contributed by atoms with van der Waals surface area (Å²) in [7, 11) is 0. The summed E-state index contributed by atoms with van der Waals surface area (Å²) in [6.07, 6.45) is 3.33. The van der Waals surface area contributed by atoms with Crippen LogP contribution >= 0.6 is 0 Å². The van der Waals surface area contributed by atoms with Crippen molar-refractivity contribution in [3.63, 3.8) is 0 Å². The van der Waals surface area contributed by atoms with E-state index in [1.165, 1.54) is 0 Å². The van der Waals surface area contributed by atoms with Crippen LogP contribution in [-0.4, -0.2) is 18.0 Å². The van der Waals surface area contributed by atoms with Gasteiger partial charge in [0.2, 0.25) is 5.91 Å². The molecule has 2 atom stereocenters. The summed E-state index contributed by atoms with van der Waals surface area (Å²) in [4.78, 5) is 11.7. The molecule has 3 heteroatoms. The van der Waals surface area contributed by atoms with Crippen LogP contribution in [0, 0.1) is 5.41 Å². The molecule has 0 fully saturated rings. The summed E-state index contributed by atoms with van der Waals surface area (Å²) in [6, 6.07) is -0.201. The molecule has 0 aromatic rings. The minimum atomic E-state index is -0.429. The van der Waals surface area contributed by atoms with E-state index in [1.54, 1.807) is 0 Å². The Morgan fingerprint density at radius 3 is 2.33 bits per heavy atom. The number of nitrogens with one attached hydrogen (secondary N) is 1. The first-order valence-corrected chi connectivity index (χ1v) is 5.85. The second-order valence-electron chi connectivity index (χ2n) is 5.40. The average molecular weight is 214 g/mol. The van der Waals surface area contributed by atoms with E-state index >= 15 is 0 Å². The first kappa shape index (κ1) is 14.4. The molecule has 0 aliphatic rings. The zero-order chi connectivity index (χ0) is 12.1. The molecule has 0 saturated carbocycles. The van der Waals surface area contributed by atoms with Crippen LogP contribution in [0.1, 0.15) is 53.9 Å². The minimum absolute atomic E-state index is 0.0360. The molecule has 3 nitrogen and oxygen atoms in total. The molecule has 0 heterocycles. The fraction of sp³-hybridized carbons (Fsp3) is 0.917. The van der Waals surface area contributed by atoms with Crippen molar-refractivity contribution in [2.75, 3.05) is 0 Å². The number of unbranched alkanes of at least 4 members (excludes halogenated alkanes) is 1. The Morgan fingerprint density at radius 2 is 1.93 bits per heavy atom. The lowest BCUT2D eigenvalue weighted by molar-refractivity contribution is -0.125. The fourth-order valence-electron chi connectivity index (χ4n) is 1.31. The quantitative estimate of drug-likeness (QED) is 0.736. The topological polar surface area (TPSA) is 55.1 Å². The van der Waals surface area contributed by atoms with Crippen molar-refractivity contribution < 1.29 is 4.79 Å². The Labute approximate surface area is 93.8 Å². The summed E-state index contributed by atoms with van der Waals surface area (Å²) in [5, 5.41) is 2.96. The van der Waals surface area contributed by atoms with Crippen LogP contribution in [0.2, 0.25) is 0 Å². The average Bonchev–Trinajstić information content (AvgIpc) is 2.11. The molecule has 0 bridgehead atoms. The van der Waals surface area contributed by atoms with E-state index in [9.17, 15) is 4.79 Å². The molecule has 1 amide bonds. The maximum absolute atomic E-state index is 11.7. The molecule has 0 aliphatic heterocycles.